The number of alkyl halides is 1. The van der Waals surface area contributed by atoms with Crippen molar-refractivity contribution in [1.29, 1.82) is 0 Å². The van der Waals surface area contributed by atoms with Crippen LogP contribution in [-0.4, -0.2) is 5.88 Å². The molecule has 100 valence electrons. The molecule has 0 nitrogen and oxygen atoms in total. The van der Waals surface area contributed by atoms with E-state index in [0.717, 1.165) is 5.56 Å². The molecule has 4 heteroatoms. The predicted molar refractivity (Wildman–Crippen MR) is 80.0 cm³/mol. The maximum Gasteiger partial charge on any atom is 0.126 e. The van der Waals surface area contributed by atoms with Gasteiger partial charge in [0.2, 0.25) is 0 Å². The summed E-state index contributed by atoms with van der Waals surface area (Å²) in [5, 5.41) is 1.17. The van der Waals surface area contributed by atoms with Gasteiger partial charge in [-0.2, -0.15) is 0 Å². The summed E-state index contributed by atoms with van der Waals surface area (Å²) in [6, 6.07) is 12.0. The molecule has 2 aromatic rings. The fourth-order valence-electron chi connectivity index (χ4n) is 2.01. The van der Waals surface area contributed by atoms with Crippen LogP contribution in [0.2, 0.25) is 10.0 Å². The van der Waals surface area contributed by atoms with Crippen molar-refractivity contribution in [3.8, 4) is 0 Å². The van der Waals surface area contributed by atoms with Gasteiger partial charge in [-0.25, -0.2) is 4.39 Å². The SMILES string of the molecule is Fc1ccccc1C(CCl)Cc1ccc(Cl)cc1Cl. The van der Waals surface area contributed by atoms with Gasteiger partial charge in [0.1, 0.15) is 5.82 Å². The van der Waals surface area contributed by atoms with Crippen molar-refractivity contribution in [2.24, 2.45) is 0 Å². The van der Waals surface area contributed by atoms with E-state index in [9.17, 15) is 4.39 Å². The highest BCUT2D eigenvalue weighted by Crippen LogP contribution is 2.29. The van der Waals surface area contributed by atoms with Crippen LogP contribution in [0.25, 0.3) is 0 Å². The Morgan fingerprint density at radius 1 is 1.05 bits per heavy atom. The summed E-state index contributed by atoms with van der Waals surface area (Å²) < 4.78 is 13.8. The van der Waals surface area contributed by atoms with Crippen molar-refractivity contribution in [3.05, 3.63) is 69.5 Å². The van der Waals surface area contributed by atoms with Gasteiger partial charge in [-0.1, -0.05) is 47.5 Å². The van der Waals surface area contributed by atoms with Gasteiger partial charge < -0.3 is 0 Å². The van der Waals surface area contributed by atoms with Crippen LogP contribution < -0.4 is 0 Å². The highest BCUT2D eigenvalue weighted by molar-refractivity contribution is 6.35. The van der Waals surface area contributed by atoms with Crippen molar-refractivity contribution in [3.63, 3.8) is 0 Å². The molecule has 0 saturated carbocycles. The zero-order valence-corrected chi connectivity index (χ0v) is 12.3. The lowest BCUT2D eigenvalue weighted by Crippen LogP contribution is -2.07. The summed E-state index contributed by atoms with van der Waals surface area (Å²) in [5.41, 5.74) is 1.53. The van der Waals surface area contributed by atoms with Crippen LogP contribution in [-0.2, 0) is 6.42 Å². The number of hydrogen-bond acceptors (Lipinski definition) is 0. The molecule has 1 unspecified atom stereocenters. The number of halogens is 4. The van der Waals surface area contributed by atoms with E-state index < -0.39 is 0 Å². The highest BCUT2D eigenvalue weighted by atomic mass is 35.5. The quantitative estimate of drug-likeness (QED) is 0.635. The Kier molecular flexibility index (Phi) is 5.09. The first-order chi connectivity index (χ1) is 9.11. The smallest absolute Gasteiger partial charge is 0.126 e. The first-order valence-electron chi connectivity index (χ1n) is 5.86. The van der Waals surface area contributed by atoms with E-state index in [0.29, 0.717) is 27.9 Å². The van der Waals surface area contributed by atoms with Gasteiger partial charge in [0, 0.05) is 21.8 Å². The minimum Gasteiger partial charge on any atom is -0.207 e. The molecule has 0 aliphatic heterocycles. The molecule has 1 atom stereocenters. The third-order valence-corrected chi connectivity index (χ3v) is 3.97. The molecule has 0 radical (unpaired) electrons. The molecule has 0 bridgehead atoms. The molecule has 0 spiro atoms. The van der Waals surface area contributed by atoms with Gasteiger partial charge in [-0.3, -0.25) is 0 Å². The third-order valence-electron chi connectivity index (χ3n) is 3.01. The Bertz CT molecular complexity index is 569. The topological polar surface area (TPSA) is 0 Å². The van der Waals surface area contributed by atoms with Crippen molar-refractivity contribution < 1.29 is 4.39 Å². The Morgan fingerprint density at radius 2 is 1.79 bits per heavy atom. The van der Waals surface area contributed by atoms with Crippen LogP contribution in [0, 0.1) is 5.82 Å². The average Bonchev–Trinajstić information content (AvgIpc) is 2.39. The normalized spacial score (nSPS) is 12.4. The summed E-state index contributed by atoms with van der Waals surface area (Å²) in [5.74, 6) is -0.0142. The van der Waals surface area contributed by atoms with Crippen LogP contribution in [0.5, 0.6) is 0 Å². The monoisotopic (exact) mass is 316 g/mol. The molecule has 2 rings (SSSR count). The average molecular weight is 318 g/mol. The fourth-order valence-corrected chi connectivity index (χ4v) is 2.77. The van der Waals surface area contributed by atoms with E-state index in [-0.39, 0.29) is 11.7 Å². The van der Waals surface area contributed by atoms with Gasteiger partial charge in [0.05, 0.1) is 0 Å². The number of rotatable bonds is 4. The van der Waals surface area contributed by atoms with E-state index in [1.807, 2.05) is 6.07 Å². The Balaban J connectivity index is 2.27. The summed E-state index contributed by atoms with van der Waals surface area (Å²) in [4.78, 5) is 0. The second-order valence-electron chi connectivity index (χ2n) is 4.31. The van der Waals surface area contributed by atoms with E-state index in [1.165, 1.54) is 6.07 Å². The van der Waals surface area contributed by atoms with Crippen LogP contribution in [0.3, 0.4) is 0 Å². The molecule has 0 heterocycles. The molecule has 0 N–H and O–H groups in total. The highest BCUT2D eigenvalue weighted by Gasteiger charge is 2.16. The molecular weight excluding hydrogens is 306 g/mol. The van der Waals surface area contributed by atoms with Gasteiger partial charge in [-0.15, -0.1) is 11.6 Å². The molecular formula is C15H12Cl3F. The summed E-state index contributed by atoms with van der Waals surface area (Å²) >= 11 is 18.0. The van der Waals surface area contributed by atoms with E-state index in [4.69, 9.17) is 34.8 Å². The van der Waals surface area contributed by atoms with Crippen molar-refractivity contribution in [2.45, 2.75) is 12.3 Å². The third kappa shape index (κ3) is 3.62. The predicted octanol–water partition coefficient (Wildman–Crippen LogP) is 5.70. The van der Waals surface area contributed by atoms with Gasteiger partial charge >= 0.3 is 0 Å². The zero-order valence-electron chi connectivity index (χ0n) is 10.0. The number of benzene rings is 2. The first kappa shape index (κ1) is 14.6. The Morgan fingerprint density at radius 3 is 2.42 bits per heavy atom. The van der Waals surface area contributed by atoms with E-state index in [2.05, 4.69) is 0 Å². The van der Waals surface area contributed by atoms with Crippen LogP contribution >= 0.6 is 34.8 Å². The Hall–Kier alpha value is -0.760. The minimum atomic E-state index is -0.238. The van der Waals surface area contributed by atoms with Gasteiger partial charge in [0.25, 0.3) is 0 Å². The fraction of sp³-hybridized carbons (Fsp3) is 0.200. The largest absolute Gasteiger partial charge is 0.207 e. The lowest BCUT2D eigenvalue weighted by molar-refractivity contribution is 0.589. The lowest BCUT2D eigenvalue weighted by Gasteiger charge is -2.16. The maximum atomic E-state index is 13.8. The Labute approximate surface area is 127 Å². The second kappa shape index (κ2) is 6.60. The maximum absolute atomic E-state index is 13.8. The van der Waals surface area contributed by atoms with Gasteiger partial charge in [0.15, 0.2) is 0 Å². The lowest BCUT2D eigenvalue weighted by atomic mass is 9.93. The summed E-state index contributed by atoms with van der Waals surface area (Å²) in [7, 11) is 0. The van der Waals surface area contributed by atoms with Crippen LogP contribution in [0.4, 0.5) is 4.39 Å². The van der Waals surface area contributed by atoms with Crippen LogP contribution in [0.1, 0.15) is 17.0 Å². The molecule has 2 aromatic carbocycles. The van der Waals surface area contributed by atoms with E-state index in [1.54, 1.807) is 30.3 Å². The molecule has 0 amide bonds. The standard InChI is InChI=1S/C15H12Cl3F/c16-9-11(13-3-1-2-4-15(13)19)7-10-5-6-12(17)8-14(10)18/h1-6,8,11H,7,9H2. The van der Waals surface area contributed by atoms with Crippen LogP contribution in [0.15, 0.2) is 42.5 Å². The molecule has 0 aliphatic rings. The van der Waals surface area contributed by atoms with Crippen molar-refractivity contribution >= 4 is 34.8 Å². The molecule has 19 heavy (non-hydrogen) atoms. The summed E-state index contributed by atoms with van der Waals surface area (Å²) in [6.07, 6.45) is 0.584. The summed E-state index contributed by atoms with van der Waals surface area (Å²) in [6.45, 7) is 0. The molecule has 0 aromatic heterocycles. The van der Waals surface area contributed by atoms with Crippen molar-refractivity contribution in [2.75, 3.05) is 5.88 Å². The number of hydrogen-bond donors (Lipinski definition) is 0. The molecule has 0 saturated heterocycles. The molecule has 0 aliphatic carbocycles. The molecule has 0 fully saturated rings. The first-order valence-corrected chi connectivity index (χ1v) is 7.15. The zero-order chi connectivity index (χ0) is 13.8. The second-order valence-corrected chi connectivity index (χ2v) is 5.46. The van der Waals surface area contributed by atoms with Gasteiger partial charge in [-0.05, 0) is 35.7 Å². The van der Waals surface area contributed by atoms with Crippen molar-refractivity contribution in [1.82, 2.24) is 0 Å². The minimum absolute atomic E-state index is 0.110. The van der Waals surface area contributed by atoms with E-state index >= 15 is 0 Å².